The Balaban J connectivity index is 0.00000529. The zero-order valence-corrected chi connectivity index (χ0v) is 15.4. The summed E-state index contributed by atoms with van der Waals surface area (Å²) < 4.78 is 10.1. The Bertz CT molecular complexity index is 526. The number of hydrogen-bond acceptors (Lipinski definition) is 5. The SMILES string of the molecule is COC(=O)CCCOc1ccc(NC(=O)[C@@H](N)C(C)(C)C)cc1.Cl. The Labute approximate surface area is 149 Å². The number of nitrogens with one attached hydrogen (secondary N) is 1. The van der Waals surface area contributed by atoms with Gasteiger partial charge in [-0.2, -0.15) is 0 Å². The average Bonchev–Trinajstić information content (AvgIpc) is 2.51. The van der Waals surface area contributed by atoms with E-state index in [0.29, 0.717) is 30.9 Å². The Morgan fingerprint density at radius 2 is 1.79 bits per heavy atom. The quantitative estimate of drug-likeness (QED) is 0.577. The highest BCUT2D eigenvalue weighted by Gasteiger charge is 2.27. The van der Waals surface area contributed by atoms with E-state index in [9.17, 15) is 9.59 Å². The van der Waals surface area contributed by atoms with Crippen molar-refractivity contribution in [1.82, 2.24) is 0 Å². The Morgan fingerprint density at radius 1 is 1.21 bits per heavy atom. The summed E-state index contributed by atoms with van der Waals surface area (Å²) in [6.07, 6.45) is 0.918. The fourth-order valence-electron chi connectivity index (χ4n) is 1.76. The molecule has 0 saturated heterocycles. The fourth-order valence-corrected chi connectivity index (χ4v) is 1.76. The molecule has 0 bridgehead atoms. The standard InChI is InChI=1S/C17H26N2O4.ClH/c1-17(2,3)15(18)16(21)19-12-7-9-13(10-8-12)23-11-5-6-14(20)22-4;/h7-10,15H,5-6,11,18H2,1-4H3,(H,19,21);1H/t15-;/m1./s1. The maximum atomic E-state index is 12.0. The zero-order chi connectivity index (χ0) is 17.5. The average molecular weight is 359 g/mol. The molecular formula is C17H27ClN2O4. The molecule has 1 aromatic carbocycles. The van der Waals surface area contributed by atoms with Crippen LogP contribution in [-0.2, 0) is 14.3 Å². The second kappa shape index (κ2) is 10.2. The van der Waals surface area contributed by atoms with Gasteiger partial charge in [0.2, 0.25) is 5.91 Å². The van der Waals surface area contributed by atoms with Gasteiger partial charge >= 0.3 is 5.97 Å². The van der Waals surface area contributed by atoms with Crippen molar-refractivity contribution in [3.8, 4) is 5.75 Å². The summed E-state index contributed by atoms with van der Waals surface area (Å²) in [6, 6.07) is 6.44. The van der Waals surface area contributed by atoms with Gasteiger partial charge in [0.05, 0.1) is 19.8 Å². The summed E-state index contributed by atoms with van der Waals surface area (Å²) in [6.45, 7) is 6.18. The summed E-state index contributed by atoms with van der Waals surface area (Å²) in [4.78, 5) is 23.0. The van der Waals surface area contributed by atoms with Crippen molar-refractivity contribution in [1.29, 1.82) is 0 Å². The second-order valence-corrected chi connectivity index (χ2v) is 6.39. The Morgan fingerprint density at radius 3 is 2.29 bits per heavy atom. The molecule has 0 aliphatic heterocycles. The first-order chi connectivity index (χ1) is 10.7. The largest absolute Gasteiger partial charge is 0.494 e. The van der Waals surface area contributed by atoms with Crippen LogP contribution in [0.3, 0.4) is 0 Å². The third kappa shape index (κ3) is 7.66. The monoisotopic (exact) mass is 358 g/mol. The number of carbonyl (C=O) groups excluding carboxylic acids is 2. The van der Waals surface area contributed by atoms with Crippen LogP contribution in [0, 0.1) is 5.41 Å². The van der Waals surface area contributed by atoms with Crippen LogP contribution >= 0.6 is 12.4 Å². The molecule has 0 radical (unpaired) electrons. The van der Waals surface area contributed by atoms with E-state index in [1.54, 1.807) is 24.3 Å². The molecule has 3 N–H and O–H groups in total. The van der Waals surface area contributed by atoms with Gasteiger partial charge in [-0.1, -0.05) is 20.8 Å². The molecule has 24 heavy (non-hydrogen) atoms. The predicted molar refractivity (Wildman–Crippen MR) is 96.5 cm³/mol. The lowest BCUT2D eigenvalue weighted by molar-refractivity contribution is -0.140. The minimum atomic E-state index is -0.586. The van der Waals surface area contributed by atoms with Crippen LogP contribution in [0.2, 0.25) is 0 Å². The van der Waals surface area contributed by atoms with Crippen LogP contribution in [0.5, 0.6) is 5.75 Å². The molecule has 0 spiro atoms. The molecule has 0 heterocycles. The third-order valence-electron chi connectivity index (χ3n) is 3.36. The number of methoxy groups -OCH3 is 1. The van der Waals surface area contributed by atoms with Gasteiger partial charge < -0.3 is 20.5 Å². The molecule has 0 aliphatic carbocycles. The van der Waals surface area contributed by atoms with E-state index in [1.807, 2.05) is 20.8 Å². The van der Waals surface area contributed by atoms with E-state index in [4.69, 9.17) is 10.5 Å². The third-order valence-corrected chi connectivity index (χ3v) is 3.36. The van der Waals surface area contributed by atoms with Crippen LogP contribution in [0.15, 0.2) is 24.3 Å². The van der Waals surface area contributed by atoms with Crippen molar-refractivity contribution >= 4 is 30.0 Å². The van der Waals surface area contributed by atoms with Gasteiger partial charge in [-0.15, -0.1) is 12.4 Å². The summed E-state index contributed by atoms with van der Waals surface area (Å²) in [5.74, 6) is 0.207. The lowest BCUT2D eigenvalue weighted by Gasteiger charge is -2.25. The molecule has 136 valence electrons. The summed E-state index contributed by atoms with van der Waals surface area (Å²) in [7, 11) is 1.36. The van der Waals surface area contributed by atoms with Crippen molar-refractivity contribution < 1.29 is 19.1 Å². The molecule has 0 saturated carbocycles. The fraction of sp³-hybridized carbons (Fsp3) is 0.529. The van der Waals surface area contributed by atoms with Crippen molar-refractivity contribution in [2.24, 2.45) is 11.1 Å². The highest BCUT2D eigenvalue weighted by molar-refractivity contribution is 5.95. The molecule has 6 nitrogen and oxygen atoms in total. The molecule has 1 rings (SSSR count). The first kappa shape index (κ1) is 22.2. The maximum Gasteiger partial charge on any atom is 0.305 e. The number of rotatable bonds is 7. The van der Waals surface area contributed by atoms with Crippen molar-refractivity contribution in [2.45, 2.75) is 39.7 Å². The second-order valence-electron chi connectivity index (χ2n) is 6.39. The molecule has 1 aromatic rings. The van der Waals surface area contributed by atoms with E-state index in [-0.39, 0.29) is 29.7 Å². The van der Waals surface area contributed by atoms with Gasteiger partial charge in [-0.25, -0.2) is 0 Å². The molecule has 0 aliphatic rings. The number of esters is 1. The number of benzene rings is 1. The van der Waals surface area contributed by atoms with E-state index in [0.717, 1.165) is 0 Å². The molecule has 0 aromatic heterocycles. The number of halogens is 1. The number of nitrogens with two attached hydrogens (primary N) is 1. The highest BCUT2D eigenvalue weighted by Crippen LogP contribution is 2.20. The summed E-state index contributed by atoms with van der Waals surface area (Å²) in [5, 5.41) is 2.78. The van der Waals surface area contributed by atoms with Crippen molar-refractivity contribution in [2.75, 3.05) is 19.0 Å². The summed E-state index contributed by atoms with van der Waals surface area (Å²) >= 11 is 0. The Kier molecular flexibility index (Phi) is 9.40. The van der Waals surface area contributed by atoms with Crippen LogP contribution in [0.1, 0.15) is 33.6 Å². The Hall–Kier alpha value is -1.79. The van der Waals surface area contributed by atoms with Crippen molar-refractivity contribution in [3.05, 3.63) is 24.3 Å². The van der Waals surface area contributed by atoms with Gasteiger partial charge in [0, 0.05) is 12.1 Å². The lowest BCUT2D eigenvalue weighted by Crippen LogP contribution is -2.45. The first-order valence-corrected chi connectivity index (χ1v) is 7.60. The smallest absolute Gasteiger partial charge is 0.305 e. The van der Waals surface area contributed by atoms with E-state index >= 15 is 0 Å². The zero-order valence-electron chi connectivity index (χ0n) is 14.6. The number of anilines is 1. The van der Waals surface area contributed by atoms with E-state index in [1.165, 1.54) is 7.11 Å². The van der Waals surface area contributed by atoms with Gasteiger partial charge in [-0.05, 0) is 36.1 Å². The van der Waals surface area contributed by atoms with Crippen molar-refractivity contribution in [3.63, 3.8) is 0 Å². The van der Waals surface area contributed by atoms with Gasteiger partial charge in [0.15, 0.2) is 0 Å². The van der Waals surface area contributed by atoms with Crippen LogP contribution in [0.4, 0.5) is 5.69 Å². The minimum absolute atomic E-state index is 0. The predicted octanol–water partition coefficient (Wildman–Crippen LogP) is 2.75. The van der Waals surface area contributed by atoms with Crippen LogP contribution in [-0.4, -0.2) is 31.6 Å². The van der Waals surface area contributed by atoms with Crippen LogP contribution in [0.25, 0.3) is 0 Å². The topological polar surface area (TPSA) is 90.6 Å². The van der Waals surface area contributed by atoms with Gasteiger partial charge in [0.25, 0.3) is 0 Å². The molecule has 1 amide bonds. The highest BCUT2D eigenvalue weighted by atomic mass is 35.5. The molecule has 7 heteroatoms. The molecular weight excluding hydrogens is 332 g/mol. The number of carbonyl (C=O) groups is 2. The maximum absolute atomic E-state index is 12.0. The van der Waals surface area contributed by atoms with E-state index < -0.39 is 6.04 Å². The lowest BCUT2D eigenvalue weighted by atomic mass is 9.87. The number of ether oxygens (including phenoxy) is 2. The normalized spacial score (nSPS) is 11.9. The summed E-state index contributed by atoms with van der Waals surface area (Å²) in [5.41, 5.74) is 6.28. The van der Waals surface area contributed by atoms with Gasteiger partial charge in [0.1, 0.15) is 5.75 Å². The van der Waals surface area contributed by atoms with Crippen LogP contribution < -0.4 is 15.8 Å². The number of hydrogen-bond donors (Lipinski definition) is 2. The van der Waals surface area contributed by atoms with E-state index in [2.05, 4.69) is 10.1 Å². The number of amides is 1. The molecule has 0 unspecified atom stereocenters. The van der Waals surface area contributed by atoms with Gasteiger partial charge in [-0.3, -0.25) is 9.59 Å². The first-order valence-electron chi connectivity index (χ1n) is 7.60. The molecule has 1 atom stereocenters. The molecule has 0 fully saturated rings. The minimum Gasteiger partial charge on any atom is -0.494 e.